The van der Waals surface area contributed by atoms with Gasteiger partial charge in [0.1, 0.15) is 0 Å². The number of likely N-dealkylation sites (tertiary alicyclic amines) is 1. The fraction of sp³-hybridized carbons (Fsp3) is 0.933. The Morgan fingerprint density at radius 3 is 2.50 bits per heavy atom. The van der Waals surface area contributed by atoms with Crippen molar-refractivity contribution in [2.45, 2.75) is 52.9 Å². The Morgan fingerprint density at radius 2 is 1.95 bits per heavy atom. The lowest BCUT2D eigenvalue weighted by Gasteiger charge is -2.30. The van der Waals surface area contributed by atoms with Crippen molar-refractivity contribution in [1.29, 1.82) is 0 Å². The maximum Gasteiger partial charge on any atom is 0.223 e. The molecular formula is C15H33N3O2. The number of hydrogen-bond acceptors (Lipinski definition) is 4. The molecule has 3 N–H and O–H groups in total. The summed E-state index contributed by atoms with van der Waals surface area (Å²) in [5.74, 6) is 5.44. The summed E-state index contributed by atoms with van der Waals surface area (Å²) in [4.78, 5) is 18.8. The molecule has 0 bridgehead atoms. The quantitative estimate of drug-likeness (QED) is 0.529. The predicted octanol–water partition coefficient (Wildman–Crippen LogP) is 1.92. The van der Waals surface area contributed by atoms with Crippen LogP contribution in [0.2, 0.25) is 0 Å². The molecule has 1 fully saturated rings. The highest BCUT2D eigenvalue weighted by atomic mass is 16.6. The van der Waals surface area contributed by atoms with E-state index in [1.807, 2.05) is 13.8 Å². The molecule has 0 aromatic carbocycles. The molecule has 0 unspecified atom stereocenters. The topological polar surface area (TPSA) is 67.6 Å². The van der Waals surface area contributed by atoms with Crippen LogP contribution < -0.4 is 11.2 Å². The molecule has 0 radical (unpaired) electrons. The van der Waals surface area contributed by atoms with Crippen LogP contribution >= 0.6 is 0 Å². The molecule has 0 saturated carbocycles. The molecule has 1 heterocycles. The van der Waals surface area contributed by atoms with E-state index in [9.17, 15) is 4.79 Å². The van der Waals surface area contributed by atoms with E-state index >= 15 is 0 Å². The zero-order valence-corrected chi connectivity index (χ0v) is 13.5. The SMILES string of the molecule is CC.CCCCCNC(=O)C1CCN(CCON)CC1. The Labute approximate surface area is 124 Å². The summed E-state index contributed by atoms with van der Waals surface area (Å²) in [7, 11) is 0. The first kappa shape index (κ1) is 19.4. The minimum absolute atomic E-state index is 0.196. The second-order valence-electron chi connectivity index (χ2n) is 4.98. The fourth-order valence-corrected chi connectivity index (χ4v) is 2.33. The van der Waals surface area contributed by atoms with Crippen molar-refractivity contribution in [3.05, 3.63) is 0 Å². The van der Waals surface area contributed by atoms with E-state index in [0.29, 0.717) is 6.61 Å². The molecule has 1 amide bonds. The molecule has 20 heavy (non-hydrogen) atoms. The van der Waals surface area contributed by atoms with Crippen LogP contribution in [0.15, 0.2) is 0 Å². The summed E-state index contributed by atoms with van der Waals surface area (Å²) in [5.41, 5.74) is 0. The summed E-state index contributed by atoms with van der Waals surface area (Å²) >= 11 is 0. The summed E-state index contributed by atoms with van der Waals surface area (Å²) in [6.07, 6.45) is 5.37. The molecule has 0 spiro atoms. The van der Waals surface area contributed by atoms with Gasteiger partial charge in [-0.1, -0.05) is 33.6 Å². The predicted molar refractivity (Wildman–Crippen MR) is 83.2 cm³/mol. The van der Waals surface area contributed by atoms with Crippen molar-refractivity contribution in [3.8, 4) is 0 Å². The van der Waals surface area contributed by atoms with Gasteiger partial charge in [0.2, 0.25) is 5.91 Å². The highest BCUT2D eigenvalue weighted by Crippen LogP contribution is 2.16. The number of unbranched alkanes of at least 4 members (excludes halogenated alkanes) is 2. The summed E-state index contributed by atoms with van der Waals surface area (Å²) in [6, 6.07) is 0. The summed E-state index contributed by atoms with van der Waals surface area (Å²) < 4.78 is 0. The smallest absolute Gasteiger partial charge is 0.223 e. The molecule has 1 rings (SSSR count). The summed E-state index contributed by atoms with van der Waals surface area (Å²) in [6.45, 7) is 10.4. The van der Waals surface area contributed by atoms with Crippen LogP contribution in [0.1, 0.15) is 52.9 Å². The number of amides is 1. The largest absolute Gasteiger partial charge is 0.356 e. The average Bonchev–Trinajstić information content (AvgIpc) is 2.52. The van der Waals surface area contributed by atoms with Crippen LogP contribution in [0.25, 0.3) is 0 Å². The van der Waals surface area contributed by atoms with E-state index in [2.05, 4.69) is 22.0 Å². The second-order valence-corrected chi connectivity index (χ2v) is 4.98. The molecule has 0 aliphatic carbocycles. The highest BCUT2D eigenvalue weighted by molar-refractivity contribution is 5.78. The van der Waals surface area contributed by atoms with Gasteiger partial charge < -0.3 is 15.1 Å². The molecule has 120 valence electrons. The first-order chi connectivity index (χ1) is 9.77. The van der Waals surface area contributed by atoms with E-state index in [4.69, 9.17) is 5.90 Å². The van der Waals surface area contributed by atoms with Crippen molar-refractivity contribution >= 4 is 5.91 Å². The van der Waals surface area contributed by atoms with Gasteiger partial charge in [0.05, 0.1) is 6.61 Å². The number of piperidine rings is 1. The number of hydrogen-bond donors (Lipinski definition) is 2. The Bertz CT molecular complexity index is 229. The molecule has 5 nitrogen and oxygen atoms in total. The van der Waals surface area contributed by atoms with Gasteiger partial charge >= 0.3 is 0 Å². The fourth-order valence-electron chi connectivity index (χ4n) is 2.33. The minimum Gasteiger partial charge on any atom is -0.356 e. The van der Waals surface area contributed by atoms with Crippen molar-refractivity contribution in [1.82, 2.24) is 10.2 Å². The number of carbonyl (C=O) groups is 1. The van der Waals surface area contributed by atoms with Gasteiger partial charge in [0.25, 0.3) is 0 Å². The number of rotatable bonds is 8. The number of nitrogens with zero attached hydrogens (tertiary/aromatic N) is 1. The summed E-state index contributed by atoms with van der Waals surface area (Å²) in [5, 5.41) is 3.04. The van der Waals surface area contributed by atoms with Crippen molar-refractivity contribution < 1.29 is 9.63 Å². The van der Waals surface area contributed by atoms with Crippen LogP contribution in [0.4, 0.5) is 0 Å². The third kappa shape index (κ3) is 8.51. The van der Waals surface area contributed by atoms with Crippen LogP contribution in [0.3, 0.4) is 0 Å². The van der Waals surface area contributed by atoms with Gasteiger partial charge in [-0.15, -0.1) is 0 Å². The van der Waals surface area contributed by atoms with E-state index in [1.54, 1.807) is 0 Å². The van der Waals surface area contributed by atoms with Crippen LogP contribution in [-0.4, -0.2) is 43.6 Å². The zero-order chi connectivity index (χ0) is 15.2. The number of nitrogens with two attached hydrogens (primary N) is 1. The van der Waals surface area contributed by atoms with Gasteiger partial charge in [-0.2, -0.15) is 0 Å². The van der Waals surface area contributed by atoms with Gasteiger partial charge in [-0.3, -0.25) is 4.79 Å². The van der Waals surface area contributed by atoms with E-state index in [1.165, 1.54) is 12.8 Å². The molecule has 1 saturated heterocycles. The average molecular weight is 287 g/mol. The number of nitrogens with one attached hydrogen (secondary N) is 1. The lowest BCUT2D eigenvalue weighted by atomic mass is 9.96. The Hall–Kier alpha value is -0.650. The zero-order valence-electron chi connectivity index (χ0n) is 13.5. The van der Waals surface area contributed by atoms with Gasteiger partial charge in [0.15, 0.2) is 0 Å². The second kappa shape index (κ2) is 13.3. The van der Waals surface area contributed by atoms with Crippen LogP contribution in [-0.2, 0) is 9.63 Å². The molecule has 0 aromatic heterocycles. The lowest BCUT2D eigenvalue weighted by Crippen LogP contribution is -2.41. The molecule has 1 aliphatic rings. The Morgan fingerprint density at radius 1 is 1.30 bits per heavy atom. The maximum absolute atomic E-state index is 11.9. The minimum atomic E-state index is 0.196. The molecule has 5 heteroatoms. The third-order valence-electron chi connectivity index (χ3n) is 3.56. The van der Waals surface area contributed by atoms with Crippen LogP contribution in [0, 0.1) is 5.92 Å². The monoisotopic (exact) mass is 287 g/mol. The van der Waals surface area contributed by atoms with E-state index in [-0.39, 0.29) is 11.8 Å². The van der Waals surface area contributed by atoms with Gasteiger partial charge in [-0.25, -0.2) is 5.90 Å². The number of carbonyl (C=O) groups excluding carboxylic acids is 1. The van der Waals surface area contributed by atoms with Crippen molar-refractivity contribution in [2.24, 2.45) is 11.8 Å². The first-order valence-electron chi connectivity index (χ1n) is 8.09. The molecular weight excluding hydrogens is 254 g/mol. The van der Waals surface area contributed by atoms with Gasteiger partial charge in [0, 0.05) is 19.0 Å². The van der Waals surface area contributed by atoms with Gasteiger partial charge in [-0.05, 0) is 32.4 Å². The molecule has 0 atom stereocenters. The normalized spacial score (nSPS) is 16.4. The van der Waals surface area contributed by atoms with Crippen molar-refractivity contribution in [2.75, 3.05) is 32.8 Å². The highest BCUT2D eigenvalue weighted by Gasteiger charge is 2.24. The Balaban J connectivity index is 0.00000172. The standard InChI is InChI=1S/C13H27N3O2.C2H6/c1-2-3-4-7-15-13(17)12-5-8-16(9-6-12)10-11-18-14;1-2/h12H,2-11,14H2,1H3,(H,15,17);1-2H3. The molecule has 0 aromatic rings. The Kier molecular flexibility index (Phi) is 12.9. The lowest BCUT2D eigenvalue weighted by molar-refractivity contribution is -0.126. The van der Waals surface area contributed by atoms with E-state index < -0.39 is 0 Å². The van der Waals surface area contributed by atoms with Crippen molar-refractivity contribution in [3.63, 3.8) is 0 Å². The first-order valence-corrected chi connectivity index (χ1v) is 8.09. The van der Waals surface area contributed by atoms with E-state index in [0.717, 1.165) is 45.4 Å². The third-order valence-corrected chi connectivity index (χ3v) is 3.56. The maximum atomic E-state index is 11.9. The van der Waals surface area contributed by atoms with Crippen LogP contribution in [0.5, 0.6) is 0 Å². The molecule has 1 aliphatic heterocycles.